The monoisotopic (exact) mass is 290 g/mol. The molecule has 0 N–H and O–H groups in total. The van der Waals surface area contributed by atoms with Crippen molar-refractivity contribution in [1.29, 1.82) is 0 Å². The van der Waals surface area contributed by atoms with Crippen LogP contribution in [0.25, 0.3) is 0 Å². The molecule has 1 aromatic rings. The molecule has 0 saturated heterocycles. The van der Waals surface area contributed by atoms with Crippen molar-refractivity contribution in [2.45, 2.75) is 19.3 Å². The minimum atomic E-state index is -4.60. The molecule has 4 nitrogen and oxygen atoms in total. The van der Waals surface area contributed by atoms with E-state index in [9.17, 15) is 26.3 Å². The number of rotatable bonds is 4. The molecule has 0 aliphatic rings. The van der Waals surface area contributed by atoms with E-state index < -0.39 is 37.5 Å². The summed E-state index contributed by atoms with van der Waals surface area (Å²) < 4.78 is 79.9. The standard InChI is InChI=1S/C9H8F6N2O2/c1-5-2-6(18-3-8(10,11)12)17-7(16-5)19-4-9(13,14)15/h2H,3-4H2,1H3. The van der Waals surface area contributed by atoms with E-state index >= 15 is 0 Å². The normalized spacial score (nSPS) is 12.4. The van der Waals surface area contributed by atoms with Crippen molar-refractivity contribution in [3.8, 4) is 11.9 Å². The third-order valence-corrected chi connectivity index (χ3v) is 1.56. The number of hydrogen-bond donors (Lipinski definition) is 0. The second kappa shape index (κ2) is 5.49. The Labute approximate surface area is 103 Å². The van der Waals surface area contributed by atoms with Gasteiger partial charge in [-0.25, -0.2) is 4.98 Å². The summed E-state index contributed by atoms with van der Waals surface area (Å²) in [6.45, 7) is -1.90. The van der Waals surface area contributed by atoms with E-state index in [-0.39, 0.29) is 5.69 Å². The Kier molecular flexibility index (Phi) is 4.43. The number of halogens is 6. The fourth-order valence-electron chi connectivity index (χ4n) is 0.954. The van der Waals surface area contributed by atoms with Crippen molar-refractivity contribution in [2.24, 2.45) is 0 Å². The van der Waals surface area contributed by atoms with Crippen LogP contribution in [-0.4, -0.2) is 35.5 Å². The van der Waals surface area contributed by atoms with E-state index in [0.717, 1.165) is 6.07 Å². The molecule has 0 radical (unpaired) electrons. The van der Waals surface area contributed by atoms with Crippen LogP contribution in [0.15, 0.2) is 6.07 Å². The molecule has 0 spiro atoms. The molecule has 0 aliphatic heterocycles. The average molecular weight is 290 g/mol. The maximum absolute atomic E-state index is 11.9. The fourth-order valence-corrected chi connectivity index (χ4v) is 0.954. The SMILES string of the molecule is Cc1cc(OCC(F)(F)F)nc(OCC(F)(F)F)n1. The highest BCUT2D eigenvalue weighted by Crippen LogP contribution is 2.20. The van der Waals surface area contributed by atoms with E-state index in [4.69, 9.17) is 0 Å². The predicted molar refractivity (Wildman–Crippen MR) is 49.9 cm³/mol. The van der Waals surface area contributed by atoms with Crippen LogP contribution in [0.4, 0.5) is 26.3 Å². The minimum absolute atomic E-state index is 0.115. The van der Waals surface area contributed by atoms with Gasteiger partial charge in [-0.05, 0) is 6.92 Å². The summed E-state index contributed by atoms with van der Waals surface area (Å²) in [6, 6.07) is 0.348. The van der Waals surface area contributed by atoms with Crippen LogP contribution >= 0.6 is 0 Å². The Morgan fingerprint density at radius 2 is 1.47 bits per heavy atom. The van der Waals surface area contributed by atoms with Gasteiger partial charge in [0.25, 0.3) is 0 Å². The van der Waals surface area contributed by atoms with Crippen molar-refractivity contribution in [1.82, 2.24) is 9.97 Å². The van der Waals surface area contributed by atoms with Crippen molar-refractivity contribution in [3.05, 3.63) is 11.8 Å². The van der Waals surface area contributed by atoms with Gasteiger partial charge in [0.2, 0.25) is 5.88 Å². The highest BCUT2D eigenvalue weighted by molar-refractivity contribution is 5.17. The molecule has 108 valence electrons. The Morgan fingerprint density at radius 3 is 2.00 bits per heavy atom. The van der Waals surface area contributed by atoms with E-state index in [2.05, 4.69) is 19.4 Å². The molecule has 0 unspecified atom stereocenters. The second-order valence-electron chi connectivity index (χ2n) is 3.44. The smallest absolute Gasteiger partial charge is 0.422 e. The molecule has 0 atom stereocenters. The molecule has 0 bridgehead atoms. The number of aromatic nitrogens is 2. The maximum Gasteiger partial charge on any atom is 0.422 e. The quantitative estimate of drug-likeness (QED) is 0.800. The summed E-state index contributed by atoms with van der Waals surface area (Å²) in [5.41, 5.74) is 0.115. The molecule has 0 aromatic carbocycles. The Hall–Kier alpha value is -1.74. The summed E-state index contributed by atoms with van der Waals surface area (Å²) in [6.07, 6.45) is -9.17. The summed E-state index contributed by atoms with van der Waals surface area (Å²) in [5, 5.41) is 0. The number of hydrogen-bond acceptors (Lipinski definition) is 4. The average Bonchev–Trinajstić information content (AvgIpc) is 2.21. The van der Waals surface area contributed by atoms with Crippen LogP contribution in [0.2, 0.25) is 0 Å². The molecular formula is C9H8F6N2O2. The third kappa shape index (κ3) is 6.67. The molecule has 10 heteroatoms. The lowest BCUT2D eigenvalue weighted by molar-refractivity contribution is -0.155. The number of aryl methyl sites for hydroxylation is 1. The molecule has 19 heavy (non-hydrogen) atoms. The number of nitrogens with zero attached hydrogens (tertiary/aromatic N) is 2. The van der Waals surface area contributed by atoms with E-state index in [1.807, 2.05) is 0 Å². The van der Waals surface area contributed by atoms with E-state index in [1.165, 1.54) is 6.92 Å². The van der Waals surface area contributed by atoms with Crippen LogP contribution < -0.4 is 9.47 Å². The molecule has 1 heterocycles. The molecule has 0 fully saturated rings. The van der Waals surface area contributed by atoms with Gasteiger partial charge in [0.15, 0.2) is 13.2 Å². The van der Waals surface area contributed by atoms with Crippen molar-refractivity contribution < 1.29 is 35.8 Å². The third-order valence-electron chi connectivity index (χ3n) is 1.56. The second-order valence-corrected chi connectivity index (χ2v) is 3.44. The molecule has 0 amide bonds. The number of ether oxygens (including phenoxy) is 2. The summed E-state index contributed by atoms with van der Waals surface area (Å²) >= 11 is 0. The maximum atomic E-state index is 11.9. The molecule has 1 rings (SSSR count). The van der Waals surface area contributed by atoms with Gasteiger partial charge in [0, 0.05) is 11.8 Å². The Morgan fingerprint density at radius 1 is 0.947 bits per heavy atom. The van der Waals surface area contributed by atoms with Gasteiger partial charge in [-0.2, -0.15) is 31.3 Å². The molecule has 1 aromatic heterocycles. The summed E-state index contributed by atoms with van der Waals surface area (Å²) in [4.78, 5) is 6.77. The minimum Gasteiger partial charge on any atom is -0.468 e. The highest BCUT2D eigenvalue weighted by Gasteiger charge is 2.30. The zero-order valence-electron chi connectivity index (χ0n) is 9.47. The summed E-state index contributed by atoms with van der Waals surface area (Å²) in [7, 11) is 0. The van der Waals surface area contributed by atoms with Crippen LogP contribution in [0, 0.1) is 6.92 Å². The summed E-state index contributed by atoms with van der Waals surface area (Å²) in [5.74, 6) is -0.512. The molecule has 0 saturated carbocycles. The Bertz CT molecular complexity index is 395. The van der Waals surface area contributed by atoms with Gasteiger partial charge in [-0.3, -0.25) is 0 Å². The first-order valence-electron chi connectivity index (χ1n) is 4.80. The first-order valence-corrected chi connectivity index (χ1v) is 4.80. The van der Waals surface area contributed by atoms with Gasteiger partial charge < -0.3 is 9.47 Å². The Balaban J connectivity index is 2.71. The van der Waals surface area contributed by atoms with Gasteiger partial charge >= 0.3 is 18.4 Å². The molecular weight excluding hydrogens is 282 g/mol. The van der Waals surface area contributed by atoms with Crippen LogP contribution in [0.1, 0.15) is 5.69 Å². The largest absolute Gasteiger partial charge is 0.468 e. The van der Waals surface area contributed by atoms with Gasteiger partial charge in [-0.15, -0.1) is 0 Å². The van der Waals surface area contributed by atoms with E-state index in [0.29, 0.717) is 0 Å². The van der Waals surface area contributed by atoms with Crippen molar-refractivity contribution >= 4 is 0 Å². The zero-order chi connectivity index (χ0) is 14.7. The topological polar surface area (TPSA) is 44.2 Å². The molecule has 0 aliphatic carbocycles. The van der Waals surface area contributed by atoms with Gasteiger partial charge in [0.05, 0.1) is 0 Å². The first kappa shape index (κ1) is 15.3. The lowest BCUT2D eigenvalue weighted by Crippen LogP contribution is -2.21. The number of alkyl halides is 6. The van der Waals surface area contributed by atoms with Gasteiger partial charge in [0.1, 0.15) is 0 Å². The van der Waals surface area contributed by atoms with Crippen LogP contribution in [0.3, 0.4) is 0 Å². The van der Waals surface area contributed by atoms with Crippen molar-refractivity contribution in [2.75, 3.05) is 13.2 Å². The van der Waals surface area contributed by atoms with Crippen LogP contribution in [-0.2, 0) is 0 Å². The zero-order valence-corrected chi connectivity index (χ0v) is 9.47. The van der Waals surface area contributed by atoms with Gasteiger partial charge in [-0.1, -0.05) is 0 Å². The lowest BCUT2D eigenvalue weighted by atomic mass is 10.4. The first-order chi connectivity index (χ1) is 8.55. The fraction of sp³-hybridized carbons (Fsp3) is 0.556. The predicted octanol–water partition coefficient (Wildman–Crippen LogP) is 2.67. The van der Waals surface area contributed by atoms with E-state index in [1.54, 1.807) is 0 Å². The van der Waals surface area contributed by atoms with Crippen LogP contribution in [0.5, 0.6) is 11.9 Å². The lowest BCUT2D eigenvalue weighted by Gasteiger charge is -2.11. The van der Waals surface area contributed by atoms with Crippen molar-refractivity contribution in [3.63, 3.8) is 0 Å². The highest BCUT2D eigenvalue weighted by atomic mass is 19.4.